The molecule has 4 heteroatoms. The van der Waals surface area contributed by atoms with Gasteiger partial charge in [-0.25, -0.2) is 4.79 Å². The van der Waals surface area contributed by atoms with Crippen LogP contribution in [0.5, 0.6) is 0 Å². The SMILES string of the molecule is C=CCC(C=CC(=O)O)C(CC=CN=CC)C(C)=O. The molecule has 0 aromatic carbocycles. The Hall–Kier alpha value is -1.97. The molecule has 0 spiro atoms. The average molecular weight is 263 g/mol. The summed E-state index contributed by atoms with van der Waals surface area (Å²) < 4.78 is 0. The summed E-state index contributed by atoms with van der Waals surface area (Å²) in [6.07, 6.45) is 10.6. The van der Waals surface area contributed by atoms with Crippen LogP contribution in [-0.4, -0.2) is 23.1 Å². The van der Waals surface area contributed by atoms with Crippen LogP contribution in [0.1, 0.15) is 26.7 Å². The monoisotopic (exact) mass is 263 g/mol. The van der Waals surface area contributed by atoms with Crippen LogP contribution in [-0.2, 0) is 9.59 Å². The van der Waals surface area contributed by atoms with Gasteiger partial charge in [0.05, 0.1) is 0 Å². The third-order valence-corrected chi connectivity index (χ3v) is 2.69. The number of carboxylic acids is 1. The molecule has 0 heterocycles. The molecule has 0 bridgehead atoms. The molecule has 2 unspecified atom stereocenters. The van der Waals surface area contributed by atoms with Gasteiger partial charge in [-0.15, -0.1) is 6.58 Å². The van der Waals surface area contributed by atoms with Crippen molar-refractivity contribution in [3.8, 4) is 0 Å². The highest BCUT2D eigenvalue weighted by Crippen LogP contribution is 2.23. The van der Waals surface area contributed by atoms with Crippen LogP contribution in [0.25, 0.3) is 0 Å². The number of carbonyl (C=O) groups is 2. The summed E-state index contributed by atoms with van der Waals surface area (Å²) in [6.45, 7) is 6.97. The summed E-state index contributed by atoms with van der Waals surface area (Å²) in [7, 11) is 0. The number of allylic oxidation sites excluding steroid dienone is 3. The van der Waals surface area contributed by atoms with Crippen LogP contribution in [0.4, 0.5) is 0 Å². The van der Waals surface area contributed by atoms with E-state index in [0.717, 1.165) is 6.08 Å². The van der Waals surface area contributed by atoms with Gasteiger partial charge < -0.3 is 5.11 Å². The Morgan fingerprint density at radius 2 is 2.05 bits per heavy atom. The van der Waals surface area contributed by atoms with Gasteiger partial charge in [0.1, 0.15) is 5.78 Å². The van der Waals surface area contributed by atoms with Crippen molar-refractivity contribution in [1.29, 1.82) is 0 Å². The molecule has 0 fully saturated rings. The number of hydrogen-bond donors (Lipinski definition) is 1. The second kappa shape index (κ2) is 10.00. The number of nitrogens with zero attached hydrogens (tertiary/aromatic N) is 1. The number of aliphatic carboxylic acids is 1. The molecule has 0 aliphatic heterocycles. The Bertz CT molecular complexity index is 394. The van der Waals surface area contributed by atoms with E-state index < -0.39 is 5.97 Å². The summed E-state index contributed by atoms with van der Waals surface area (Å²) in [5.41, 5.74) is 0. The number of ketones is 1. The van der Waals surface area contributed by atoms with Crippen LogP contribution in [0.3, 0.4) is 0 Å². The van der Waals surface area contributed by atoms with Gasteiger partial charge >= 0.3 is 5.97 Å². The average Bonchev–Trinajstić information content (AvgIpc) is 2.34. The van der Waals surface area contributed by atoms with E-state index in [1.54, 1.807) is 24.6 Å². The van der Waals surface area contributed by atoms with Crippen LogP contribution in [0, 0.1) is 11.8 Å². The number of carbonyl (C=O) groups excluding carboxylic acids is 1. The zero-order chi connectivity index (χ0) is 14.7. The van der Waals surface area contributed by atoms with Gasteiger partial charge in [-0.3, -0.25) is 9.79 Å². The van der Waals surface area contributed by atoms with E-state index in [9.17, 15) is 9.59 Å². The minimum absolute atomic E-state index is 0.0343. The standard InChI is InChI=1S/C15H21NO3/c1-4-7-13(9-10-15(18)19)14(12(3)17)8-6-11-16-5-2/h4-6,9-11,13-14H,1,7-8H2,2-3H3,(H,18,19). The highest BCUT2D eigenvalue weighted by atomic mass is 16.4. The number of Topliss-reactive ketones (excluding diaryl/α,β-unsaturated/α-hetero) is 1. The lowest BCUT2D eigenvalue weighted by atomic mass is 9.84. The maximum atomic E-state index is 11.7. The van der Waals surface area contributed by atoms with E-state index in [-0.39, 0.29) is 17.6 Å². The zero-order valence-electron chi connectivity index (χ0n) is 11.5. The van der Waals surface area contributed by atoms with Gasteiger partial charge in [0.25, 0.3) is 0 Å². The van der Waals surface area contributed by atoms with Crippen molar-refractivity contribution in [3.05, 3.63) is 37.1 Å². The summed E-state index contributed by atoms with van der Waals surface area (Å²) >= 11 is 0. The van der Waals surface area contributed by atoms with Gasteiger partial charge in [0, 0.05) is 24.4 Å². The van der Waals surface area contributed by atoms with E-state index in [4.69, 9.17) is 5.11 Å². The summed E-state index contributed by atoms with van der Waals surface area (Å²) in [5.74, 6) is -1.38. The minimum Gasteiger partial charge on any atom is -0.478 e. The van der Waals surface area contributed by atoms with Crippen LogP contribution >= 0.6 is 0 Å². The lowest BCUT2D eigenvalue weighted by Crippen LogP contribution is -2.20. The maximum Gasteiger partial charge on any atom is 0.327 e. The molecule has 0 rings (SSSR count). The number of rotatable bonds is 9. The number of aliphatic imine (C=N–C) groups is 1. The van der Waals surface area contributed by atoms with Crippen molar-refractivity contribution >= 4 is 18.0 Å². The molecular weight excluding hydrogens is 242 g/mol. The normalized spacial score (nSPS) is 15.1. The number of carboxylic acid groups (broad SMARTS) is 1. The molecule has 0 amide bonds. The quantitative estimate of drug-likeness (QED) is 0.395. The Morgan fingerprint density at radius 1 is 1.37 bits per heavy atom. The summed E-state index contributed by atoms with van der Waals surface area (Å²) in [6, 6.07) is 0. The first-order valence-electron chi connectivity index (χ1n) is 6.18. The molecule has 0 aliphatic carbocycles. The first-order chi connectivity index (χ1) is 9.02. The van der Waals surface area contributed by atoms with E-state index in [1.165, 1.54) is 6.92 Å². The molecule has 4 nitrogen and oxygen atoms in total. The second-order valence-corrected chi connectivity index (χ2v) is 4.13. The van der Waals surface area contributed by atoms with Crippen molar-refractivity contribution in [2.75, 3.05) is 0 Å². The first kappa shape index (κ1) is 17.0. The van der Waals surface area contributed by atoms with E-state index in [1.807, 2.05) is 13.0 Å². The van der Waals surface area contributed by atoms with Gasteiger partial charge in [-0.2, -0.15) is 0 Å². The van der Waals surface area contributed by atoms with Gasteiger partial charge in [0.15, 0.2) is 0 Å². The van der Waals surface area contributed by atoms with Crippen LogP contribution < -0.4 is 0 Å². The molecule has 104 valence electrons. The third kappa shape index (κ3) is 7.86. The Balaban J connectivity index is 4.89. The van der Waals surface area contributed by atoms with Gasteiger partial charge in [0.2, 0.25) is 0 Å². The van der Waals surface area contributed by atoms with Crippen molar-refractivity contribution in [3.63, 3.8) is 0 Å². The molecule has 0 aromatic rings. The van der Waals surface area contributed by atoms with Crippen LogP contribution in [0.15, 0.2) is 42.1 Å². The largest absolute Gasteiger partial charge is 0.478 e. The molecule has 1 N–H and O–H groups in total. The van der Waals surface area contributed by atoms with Crippen LogP contribution in [0.2, 0.25) is 0 Å². The Kier molecular flexibility index (Phi) is 8.96. The molecule has 0 radical (unpaired) electrons. The molecule has 19 heavy (non-hydrogen) atoms. The fraction of sp³-hybridized carbons (Fsp3) is 0.400. The summed E-state index contributed by atoms with van der Waals surface area (Å²) in [4.78, 5) is 26.2. The number of hydrogen-bond acceptors (Lipinski definition) is 3. The molecule has 0 aliphatic rings. The van der Waals surface area contributed by atoms with Crippen molar-refractivity contribution in [2.45, 2.75) is 26.7 Å². The predicted molar refractivity (Wildman–Crippen MR) is 77.2 cm³/mol. The third-order valence-electron chi connectivity index (χ3n) is 2.69. The van der Waals surface area contributed by atoms with Crippen molar-refractivity contribution in [1.82, 2.24) is 0 Å². The summed E-state index contributed by atoms with van der Waals surface area (Å²) in [5, 5.41) is 8.67. The fourth-order valence-electron chi connectivity index (χ4n) is 1.77. The smallest absolute Gasteiger partial charge is 0.327 e. The highest BCUT2D eigenvalue weighted by molar-refractivity contribution is 5.81. The Labute approximate surface area is 114 Å². The van der Waals surface area contributed by atoms with E-state index >= 15 is 0 Å². The second-order valence-electron chi connectivity index (χ2n) is 4.13. The lowest BCUT2D eigenvalue weighted by molar-refractivity contribution is -0.131. The first-order valence-corrected chi connectivity index (χ1v) is 6.18. The molecule has 0 aromatic heterocycles. The molecule has 0 saturated carbocycles. The molecule has 0 saturated heterocycles. The van der Waals surface area contributed by atoms with E-state index in [0.29, 0.717) is 12.8 Å². The van der Waals surface area contributed by atoms with Crippen molar-refractivity contribution < 1.29 is 14.7 Å². The molecular formula is C15H21NO3. The van der Waals surface area contributed by atoms with E-state index in [2.05, 4.69) is 11.6 Å². The topological polar surface area (TPSA) is 66.7 Å². The van der Waals surface area contributed by atoms with Gasteiger partial charge in [-0.1, -0.05) is 18.2 Å². The van der Waals surface area contributed by atoms with Crippen molar-refractivity contribution in [2.24, 2.45) is 16.8 Å². The van der Waals surface area contributed by atoms with Gasteiger partial charge in [-0.05, 0) is 32.6 Å². The lowest BCUT2D eigenvalue weighted by Gasteiger charge is -2.19. The maximum absolute atomic E-state index is 11.7. The predicted octanol–water partition coefficient (Wildman–Crippen LogP) is 3.02. The fourth-order valence-corrected chi connectivity index (χ4v) is 1.77. The highest BCUT2D eigenvalue weighted by Gasteiger charge is 2.21. The molecule has 2 atom stereocenters. The zero-order valence-corrected chi connectivity index (χ0v) is 11.5. The minimum atomic E-state index is -1.01. The Morgan fingerprint density at radius 3 is 2.53 bits per heavy atom.